The number of likely N-dealkylation sites (tertiary alicyclic amines) is 1. The van der Waals surface area contributed by atoms with Crippen molar-refractivity contribution in [2.45, 2.75) is 45.4 Å². The van der Waals surface area contributed by atoms with Crippen molar-refractivity contribution < 1.29 is 23.5 Å². The number of carbonyl (C=O) groups is 3. The molecule has 1 spiro atoms. The Balaban J connectivity index is 1.31. The van der Waals surface area contributed by atoms with Gasteiger partial charge >= 0.3 is 0 Å². The van der Waals surface area contributed by atoms with Crippen LogP contribution in [0.3, 0.4) is 0 Å². The quantitative estimate of drug-likeness (QED) is 0.634. The van der Waals surface area contributed by atoms with Crippen LogP contribution < -0.4 is 0 Å². The average molecular weight is 464 g/mol. The molecule has 2 aromatic rings. The molecule has 1 amide bonds. The molecule has 2 aromatic carbocycles. The Hall–Kier alpha value is -2.86. The summed E-state index contributed by atoms with van der Waals surface area (Å²) in [6.07, 6.45) is 2.16. The Kier molecular flexibility index (Phi) is 5.88. The van der Waals surface area contributed by atoms with Gasteiger partial charge in [0.2, 0.25) is 5.91 Å². The van der Waals surface area contributed by atoms with E-state index in [1.807, 2.05) is 30.9 Å². The minimum atomic E-state index is -0.742. The lowest BCUT2D eigenvalue weighted by Gasteiger charge is -2.53. The molecule has 1 saturated carbocycles. The summed E-state index contributed by atoms with van der Waals surface area (Å²) in [5.74, 6) is -0.985. The maximum atomic E-state index is 13.3. The fourth-order valence-corrected chi connectivity index (χ4v) is 6.09. The Morgan fingerprint density at radius 1 is 0.941 bits per heavy atom. The number of hydrogen-bond donors (Lipinski definition) is 0. The molecule has 0 unspecified atom stereocenters. The molecule has 0 N–H and O–H groups in total. The fraction of sp³-hybridized carbons (Fsp3) is 0.464. The van der Waals surface area contributed by atoms with Gasteiger partial charge in [0.1, 0.15) is 23.3 Å². The molecule has 5 rings (SSSR count). The standard InChI is InChI=1S/C28H30FNO4/c1-17-11-21(19-3-5-22(29)6-4-19)12-18(2)25(17)26-23(31)13-28(14-24(26)32)15-30(16-28)27(33)20-7-9-34-10-8-20/h3-6,11-12,20,26H,7-10,13-16H2,1-2H3. The number of rotatable bonds is 3. The van der Waals surface area contributed by atoms with Gasteiger partial charge < -0.3 is 9.64 Å². The first-order chi connectivity index (χ1) is 16.3. The number of hydrogen-bond acceptors (Lipinski definition) is 4. The molecule has 2 saturated heterocycles. The Morgan fingerprint density at radius 2 is 1.50 bits per heavy atom. The van der Waals surface area contributed by atoms with Crippen molar-refractivity contribution in [3.63, 3.8) is 0 Å². The number of aryl methyl sites for hydroxylation is 2. The number of nitrogens with zero attached hydrogens (tertiary/aromatic N) is 1. The van der Waals surface area contributed by atoms with Crippen molar-refractivity contribution in [3.05, 3.63) is 58.9 Å². The molecular formula is C28H30FNO4. The van der Waals surface area contributed by atoms with E-state index in [1.54, 1.807) is 12.1 Å². The largest absolute Gasteiger partial charge is 0.381 e. The second kappa shape index (κ2) is 8.73. The molecule has 0 atom stereocenters. The van der Waals surface area contributed by atoms with Crippen molar-refractivity contribution in [1.82, 2.24) is 4.90 Å². The second-order valence-corrected chi connectivity index (χ2v) is 10.3. The molecular weight excluding hydrogens is 433 g/mol. The van der Waals surface area contributed by atoms with Crippen molar-refractivity contribution in [1.29, 1.82) is 0 Å². The van der Waals surface area contributed by atoms with Crippen LogP contribution in [0.15, 0.2) is 36.4 Å². The van der Waals surface area contributed by atoms with E-state index in [9.17, 15) is 18.8 Å². The number of halogens is 1. The monoisotopic (exact) mass is 463 g/mol. The summed E-state index contributed by atoms with van der Waals surface area (Å²) < 4.78 is 18.7. The van der Waals surface area contributed by atoms with Crippen LogP contribution in [0.4, 0.5) is 4.39 Å². The van der Waals surface area contributed by atoms with Gasteiger partial charge in [0.15, 0.2) is 0 Å². The van der Waals surface area contributed by atoms with E-state index < -0.39 is 11.3 Å². The van der Waals surface area contributed by atoms with Gasteiger partial charge in [-0.15, -0.1) is 0 Å². The van der Waals surface area contributed by atoms with Gasteiger partial charge in [-0.25, -0.2) is 4.39 Å². The molecule has 0 aromatic heterocycles. The van der Waals surface area contributed by atoms with E-state index in [4.69, 9.17) is 4.74 Å². The summed E-state index contributed by atoms with van der Waals surface area (Å²) in [5, 5.41) is 0. The van der Waals surface area contributed by atoms with Crippen molar-refractivity contribution >= 4 is 17.5 Å². The lowest BCUT2D eigenvalue weighted by molar-refractivity contribution is -0.159. The maximum absolute atomic E-state index is 13.3. The minimum Gasteiger partial charge on any atom is -0.381 e. The molecule has 34 heavy (non-hydrogen) atoms. The summed E-state index contributed by atoms with van der Waals surface area (Å²) in [7, 11) is 0. The average Bonchev–Trinajstić information content (AvgIpc) is 2.79. The van der Waals surface area contributed by atoms with E-state index in [0.717, 1.165) is 40.7 Å². The smallest absolute Gasteiger partial charge is 0.225 e. The van der Waals surface area contributed by atoms with Crippen molar-refractivity contribution in [3.8, 4) is 11.1 Å². The normalized spacial score (nSPS) is 21.1. The predicted octanol–water partition coefficient (Wildman–Crippen LogP) is 4.38. The molecule has 0 bridgehead atoms. The number of benzene rings is 2. The first-order valence-electron chi connectivity index (χ1n) is 12.1. The van der Waals surface area contributed by atoms with Gasteiger partial charge in [-0.05, 0) is 66.6 Å². The topological polar surface area (TPSA) is 63.7 Å². The van der Waals surface area contributed by atoms with Crippen LogP contribution in [0.1, 0.15) is 48.3 Å². The highest BCUT2D eigenvalue weighted by Gasteiger charge is 2.54. The zero-order valence-corrected chi connectivity index (χ0v) is 19.7. The summed E-state index contributed by atoms with van der Waals surface area (Å²) in [5.41, 5.74) is 4.01. The fourth-order valence-electron chi connectivity index (χ4n) is 6.09. The summed E-state index contributed by atoms with van der Waals surface area (Å²) in [6, 6.07) is 10.3. The van der Waals surface area contributed by atoms with E-state index >= 15 is 0 Å². The zero-order chi connectivity index (χ0) is 24.0. The van der Waals surface area contributed by atoms with Gasteiger partial charge in [0.05, 0.1) is 0 Å². The SMILES string of the molecule is Cc1cc(-c2ccc(F)cc2)cc(C)c1C1C(=O)CC2(CC1=O)CN(C(=O)C1CCOCC1)C2. The highest BCUT2D eigenvalue weighted by atomic mass is 19.1. The third-order valence-electron chi connectivity index (χ3n) is 7.74. The molecule has 2 heterocycles. The maximum Gasteiger partial charge on any atom is 0.225 e. The number of amides is 1. The Morgan fingerprint density at radius 3 is 2.06 bits per heavy atom. The molecule has 3 fully saturated rings. The van der Waals surface area contributed by atoms with Crippen LogP contribution >= 0.6 is 0 Å². The lowest BCUT2D eigenvalue weighted by atomic mass is 9.62. The van der Waals surface area contributed by atoms with Crippen LogP contribution in [0, 0.1) is 31.0 Å². The molecule has 5 nitrogen and oxygen atoms in total. The van der Waals surface area contributed by atoms with Gasteiger partial charge in [-0.2, -0.15) is 0 Å². The van der Waals surface area contributed by atoms with Crippen LogP contribution in [0.5, 0.6) is 0 Å². The number of ketones is 2. The molecule has 6 heteroatoms. The molecule has 178 valence electrons. The van der Waals surface area contributed by atoms with Gasteiger partial charge in [-0.3, -0.25) is 14.4 Å². The van der Waals surface area contributed by atoms with Crippen LogP contribution in [-0.2, 0) is 19.1 Å². The van der Waals surface area contributed by atoms with Crippen LogP contribution in [0.2, 0.25) is 0 Å². The zero-order valence-electron chi connectivity index (χ0n) is 19.7. The van der Waals surface area contributed by atoms with Gasteiger partial charge in [0.25, 0.3) is 0 Å². The molecule has 0 radical (unpaired) electrons. The van der Waals surface area contributed by atoms with Crippen molar-refractivity contribution in [2.24, 2.45) is 11.3 Å². The Labute approximate surface area is 199 Å². The lowest BCUT2D eigenvalue weighted by Crippen LogP contribution is -2.63. The number of Topliss-reactive ketones (excluding diaryl/α,β-unsaturated/α-hetero) is 2. The van der Waals surface area contributed by atoms with Gasteiger partial charge in [-0.1, -0.05) is 24.3 Å². The molecule has 3 aliphatic rings. The van der Waals surface area contributed by atoms with Crippen LogP contribution in [0.25, 0.3) is 11.1 Å². The van der Waals surface area contributed by atoms with Crippen molar-refractivity contribution in [2.75, 3.05) is 26.3 Å². The predicted molar refractivity (Wildman–Crippen MR) is 126 cm³/mol. The first-order valence-corrected chi connectivity index (χ1v) is 12.1. The van der Waals surface area contributed by atoms with Gasteiger partial charge in [0, 0.05) is 50.5 Å². The highest BCUT2D eigenvalue weighted by molar-refractivity contribution is 6.11. The Bertz CT molecular complexity index is 1100. The number of carbonyl (C=O) groups excluding carboxylic acids is 3. The minimum absolute atomic E-state index is 0.00115. The molecule has 1 aliphatic carbocycles. The third kappa shape index (κ3) is 4.09. The molecule has 2 aliphatic heterocycles. The summed E-state index contributed by atoms with van der Waals surface area (Å²) in [4.78, 5) is 41.2. The second-order valence-electron chi connectivity index (χ2n) is 10.3. The van der Waals surface area contributed by atoms with Crippen LogP contribution in [-0.4, -0.2) is 48.7 Å². The highest BCUT2D eigenvalue weighted by Crippen LogP contribution is 2.47. The van der Waals surface area contributed by atoms with E-state index in [2.05, 4.69) is 0 Å². The number of ether oxygens (including phenoxy) is 1. The third-order valence-corrected chi connectivity index (χ3v) is 7.74. The first kappa shape index (κ1) is 22.9. The summed E-state index contributed by atoms with van der Waals surface area (Å²) in [6.45, 7) is 6.08. The van der Waals surface area contributed by atoms with E-state index in [0.29, 0.717) is 39.1 Å². The van der Waals surface area contributed by atoms with E-state index in [-0.39, 0.29) is 29.2 Å². The van der Waals surface area contributed by atoms with E-state index in [1.165, 1.54) is 12.1 Å². The summed E-state index contributed by atoms with van der Waals surface area (Å²) >= 11 is 0.